The lowest BCUT2D eigenvalue weighted by atomic mass is 10.2. The summed E-state index contributed by atoms with van der Waals surface area (Å²) in [5, 5.41) is 4.13. The van der Waals surface area contributed by atoms with Gasteiger partial charge in [0, 0.05) is 12.5 Å². The second-order valence-electron chi connectivity index (χ2n) is 5.62. The van der Waals surface area contributed by atoms with Gasteiger partial charge < -0.3 is 4.98 Å². The van der Waals surface area contributed by atoms with Crippen LogP contribution in [0.4, 0.5) is 0 Å². The first-order valence-corrected chi connectivity index (χ1v) is 8.92. The van der Waals surface area contributed by atoms with Gasteiger partial charge in [-0.3, -0.25) is 0 Å². The molecule has 24 heavy (non-hydrogen) atoms. The maximum atomic E-state index is 12.3. The van der Waals surface area contributed by atoms with E-state index in [0.29, 0.717) is 5.82 Å². The highest BCUT2D eigenvalue weighted by atomic mass is 32.2. The highest BCUT2D eigenvalue weighted by Gasteiger charge is 2.18. The van der Waals surface area contributed by atoms with E-state index in [2.05, 4.69) is 24.8 Å². The van der Waals surface area contributed by atoms with Crippen LogP contribution in [0, 0.1) is 0 Å². The highest BCUT2D eigenvalue weighted by molar-refractivity contribution is 7.89. The van der Waals surface area contributed by atoms with Gasteiger partial charge >= 0.3 is 0 Å². The lowest BCUT2D eigenvalue weighted by molar-refractivity contribution is 0.577. The Balaban J connectivity index is 1.74. The lowest BCUT2D eigenvalue weighted by Crippen LogP contribution is -2.23. The zero-order chi connectivity index (χ0) is 17.2. The number of aromatic nitrogens is 5. The number of hydrogen-bond donors (Lipinski definition) is 2. The Kier molecular flexibility index (Phi) is 4.45. The first kappa shape index (κ1) is 16.3. The molecule has 0 saturated carbocycles. The monoisotopic (exact) mass is 346 g/mol. The molecule has 0 amide bonds. The van der Waals surface area contributed by atoms with Crippen LogP contribution in [0.15, 0.2) is 48.1 Å². The Bertz CT molecular complexity index is 915. The van der Waals surface area contributed by atoms with Gasteiger partial charge in [-0.05, 0) is 17.7 Å². The van der Waals surface area contributed by atoms with E-state index in [-0.39, 0.29) is 17.5 Å². The molecule has 126 valence electrons. The van der Waals surface area contributed by atoms with Crippen LogP contribution in [-0.2, 0) is 16.6 Å². The van der Waals surface area contributed by atoms with Crippen LogP contribution in [0.5, 0.6) is 0 Å². The Morgan fingerprint density at radius 1 is 1.33 bits per heavy atom. The van der Waals surface area contributed by atoms with Gasteiger partial charge in [0.25, 0.3) is 10.0 Å². The fourth-order valence-electron chi connectivity index (χ4n) is 2.16. The maximum Gasteiger partial charge on any atom is 0.257 e. The van der Waals surface area contributed by atoms with Gasteiger partial charge in [-0.15, -0.1) is 0 Å². The van der Waals surface area contributed by atoms with Crippen LogP contribution in [0.1, 0.15) is 31.2 Å². The van der Waals surface area contributed by atoms with Crippen molar-refractivity contribution in [3.63, 3.8) is 0 Å². The van der Waals surface area contributed by atoms with Gasteiger partial charge in [0.15, 0.2) is 5.03 Å². The van der Waals surface area contributed by atoms with Crippen molar-refractivity contribution in [1.82, 2.24) is 29.5 Å². The molecule has 8 nitrogen and oxygen atoms in total. The topological polar surface area (TPSA) is 106 Å². The molecule has 0 radical (unpaired) electrons. The minimum absolute atomic E-state index is 0.0682. The van der Waals surface area contributed by atoms with Gasteiger partial charge in [0.1, 0.15) is 18.5 Å². The second-order valence-corrected chi connectivity index (χ2v) is 7.36. The fraction of sp³-hybridized carbons (Fsp3) is 0.267. The SMILES string of the molecule is CC(C)c1ncc(S(=O)(=O)NCc2cccc(-n3cncn3)c2)[nH]1. The number of nitrogens with one attached hydrogen (secondary N) is 2. The third kappa shape index (κ3) is 3.52. The summed E-state index contributed by atoms with van der Waals surface area (Å²) in [5.41, 5.74) is 1.63. The molecule has 0 saturated heterocycles. The van der Waals surface area contributed by atoms with Crippen molar-refractivity contribution in [2.24, 2.45) is 0 Å². The smallest absolute Gasteiger partial charge is 0.257 e. The molecule has 3 aromatic rings. The number of benzene rings is 1. The summed E-state index contributed by atoms with van der Waals surface area (Å²) in [5.74, 6) is 0.775. The zero-order valence-electron chi connectivity index (χ0n) is 13.3. The van der Waals surface area contributed by atoms with Crippen molar-refractivity contribution in [2.75, 3.05) is 0 Å². The molecule has 1 aromatic carbocycles. The first-order valence-electron chi connectivity index (χ1n) is 7.44. The summed E-state index contributed by atoms with van der Waals surface area (Å²) in [6, 6.07) is 7.41. The summed E-state index contributed by atoms with van der Waals surface area (Å²) in [4.78, 5) is 10.8. The van der Waals surface area contributed by atoms with E-state index in [1.165, 1.54) is 12.5 Å². The van der Waals surface area contributed by atoms with Crippen LogP contribution in [0.25, 0.3) is 5.69 Å². The third-order valence-electron chi connectivity index (χ3n) is 3.47. The molecule has 9 heteroatoms. The van der Waals surface area contributed by atoms with Crippen LogP contribution in [0.2, 0.25) is 0 Å². The minimum atomic E-state index is -3.64. The molecule has 0 aliphatic heterocycles. The third-order valence-corrected chi connectivity index (χ3v) is 4.78. The summed E-state index contributed by atoms with van der Waals surface area (Å²) >= 11 is 0. The van der Waals surface area contributed by atoms with Crippen molar-refractivity contribution in [3.05, 3.63) is 54.5 Å². The van der Waals surface area contributed by atoms with E-state index in [9.17, 15) is 8.42 Å². The van der Waals surface area contributed by atoms with Crippen LogP contribution < -0.4 is 4.72 Å². The van der Waals surface area contributed by atoms with Crippen molar-refractivity contribution >= 4 is 10.0 Å². The molecule has 2 heterocycles. The molecular weight excluding hydrogens is 328 g/mol. The molecule has 0 aliphatic carbocycles. The number of aromatic amines is 1. The Labute approximate surface area is 140 Å². The van der Waals surface area contributed by atoms with Crippen LogP contribution in [-0.4, -0.2) is 33.2 Å². The lowest BCUT2D eigenvalue weighted by Gasteiger charge is -2.07. The predicted molar refractivity (Wildman–Crippen MR) is 88.1 cm³/mol. The average Bonchev–Trinajstić information content (AvgIpc) is 3.25. The first-order chi connectivity index (χ1) is 11.5. The van der Waals surface area contributed by atoms with Crippen molar-refractivity contribution in [1.29, 1.82) is 0 Å². The van der Waals surface area contributed by atoms with E-state index < -0.39 is 10.0 Å². The van der Waals surface area contributed by atoms with Gasteiger partial charge in [-0.1, -0.05) is 26.0 Å². The highest BCUT2D eigenvalue weighted by Crippen LogP contribution is 2.14. The molecule has 2 aromatic heterocycles. The molecule has 0 aliphatic rings. The van der Waals surface area contributed by atoms with E-state index in [0.717, 1.165) is 11.3 Å². The summed E-state index contributed by atoms with van der Waals surface area (Å²) in [6.07, 6.45) is 4.37. The van der Waals surface area contributed by atoms with Gasteiger partial charge in [0.2, 0.25) is 0 Å². The Hall–Kier alpha value is -2.52. The van der Waals surface area contributed by atoms with Crippen LogP contribution in [0.3, 0.4) is 0 Å². The number of imidazole rings is 1. The quantitative estimate of drug-likeness (QED) is 0.705. The van der Waals surface area contributed by atoms with Crippen LogP contribution >= 0.6 is 0 Å². The zero-order valence-corrected chi connectivity index (χ0v) is 14.2. The summed E-state index contributed by atoms with van der Waals surface area (Å²) in [7, 11) is -3.64. The van der Waals surface area contributed by atoms with Gasteiger partial charge in [0.05, 0.1) is 11.9 Å². The molecule has 2 N–H and O–H groups in total. The Morgan fingerprint density at radius 2 is 2.17 bits per heavy atom. The molecule has 0 unspecified atom stereocenters. The van der Waals surface area contributed by atoms with Crippen molar-refractivity contribution < 1.29 is 8.42 Å². The normalized spacial score (nSPS) is 12.0. The van der Waals surface area contributed by atoms with Crippen molar-refractivity contribution in [3.8, 4) is 5.69 Å². The standard InChI is InChI=1S/C15H18N6O2S/c1-11(2)15-17-8-14(20-15)24(22,23)19-7-12-4-3-5-13(6-12)21-10-16-9-18-21/h3-6,8-11,19H,7H2,1-2H3,(H,17,20). The number of nitrogens with zero attached hydrogens (tertiary/aromatic N) is 4. The number of hydrogen-bond acceptors (Lipinski definition) is 5. The second kappa shape index (κ2) is 6.54. The van der Waals surface area contributed by atoms with E-state index in [1.807, 2.05) is 38.1 Å². The molecule has 0 fully saturated rings. The summed E-state index contributed by atoms with van der Waals surface area (Å²) < 4.78 is 28.9. The number of H-pyrrole nitrogens is 1. The van der Waals surface area contributed by atoms with Gasteiger partial charge in [-0.25, -0.2) is 27.8 Å². The minimum Gasteiger partial charge on any atom is -0.332 e. The van der Waals surface area contributed by atoms with E-state index >= 15 is 0 Å². The summed E-state index contributed by atoms with van der Waals surface area (Å²) in [6.45, 7) is 4.05. The van der Waals surface area contributed by atoms with Crippen molar-refractivity contribution in [2.45, 2.75) is 31.3 Å². The average molecular weight is 346 g/mol. The number of sulfonamides is 1. The van der Waals surface area contributed by atoms with E-state index in [1.54, 1.807) is 11.0 Å². The fourth-order valence-corrected chi connectivity index (χ4v) is 3.10. The Morgan fingerprint density at radius 3 is 2.83 bits per heavy atom. The largest absolute Gasteiger partial charge is 0.332 e. The molecule has 0 atom stereocenters. The van der Waals surface area contributed by atoms with Gasteiger partial charge in [-0.2, -0.15) is 5.10 Å². The molecular formula is C15H18N6O2S. The molecule has 3 rings (SSSR count). The molecule has 0 bridgehead atoms. The predicted octanol–water partition coefficient (Wildman–Crippen LogP) is 1.59. The maximum absolute atomic E-state index is 12.3. The van der Waals surface area contributed by atoms with E-state index in [4.69, 9.17) is 0 Å². The number of rotatable bonds is 6. The molecule has 0 spiro atoms.